The zero-order valence-corrected chi connectivity index (χ0v) is 7.64. The van der Waals surface area contributed by atoms with Gasteiger partial charge in [-0.2, -0.15) is 10.5 Å². The Morgan fingerprint density at radius 1 is 1.40 bits per heavy atom. The van der Waals surface area contributed by atoms with Crippen LogP contribution in [-0.2, 0) is 0 Å². The molecule has 0 spiro atoms. The lowest BCUT2D eigenvalue weighted by Gasteiger charge is -2.14. The van der Waals surface area contributed by atoms with Gasteiger partial charge < -0.3 is 0 Å². The minimum Gasteiger partial charge on any atom is -0.197 e. The third-order valence-corrected chi connectivity index (χ3v) is 1.32. The van der Waals surface area contributed by atoms with E-state index in [1.54, 1.807) is 0 Å². The predicted octanol–water partition coefficient (Wildman–Crippen LogP) is 2.21. The first-order valence-electron chi connectivity index (χ1n) is 2.98. The highest BCUT2D eigenvalue weighted by Gasteiger charge is 2.19. The molecule has 0 aromatic heterocycles. The third-order valence-electron chi connectivity index (χ3n) is 1.00. The molecule has 0 atom stereocenters. The Morgan fingerprint density at radius 3 is 1.90 bits per heavy atom. The molecule has 0 saturated carbocycles. The molecule has 0 amide bonds. The molecular weight excluding hydrogens is 192 g/mol. The monoisotopic (exact) mass is 200 g/mol. The smallest absolute Gasteiger partial charge is 0.134 e. The lowest BCUT2D eigenvalue weighted by atomic mass is 10.00. The maximum atomic E-state index is 8.40. The number of hydrogen-bond acceptors (Lipinski definition) is 2. The van der Waals surface area contributed by atoms with Gasteiger partial charge in [-0.1, -0.05) is 15.9 Å². The molecule has 0 unspecified atom stereocenters. The fraction of sp³-hybridized carbons (Fsp3) is 0.714. The summed E-state index contributed by atoms with van der Waals surface area (Å²) in [5.41, 5.74) is 0. The molecule has 0 aliphatic heterocycles. The zero-order valence-electron chi connectivity index (χ0n) is 6.06. The number of halogens is 1. The zero-order chi connectivity index (χ0) is 8.20. The predicted molar refractivity (Wildman–Crippen MR) is 42.3 cm³/mol. The molecule has 0 fully saturated rings. The van der Waals surface area contributed by atoms with E-state index in [0.717, 1.165) is 0 Å². The second kappa shape index (κ2) is 3.58. The molecule has 54 valence electrons. The van der Waals surface area contributed by atoms with E-state index in [9.17, 15) is 0 Å². The van der Waals surface area contributed by atoms with Crippen LogP contribution in [0.15, 0.2) is 0 Å². The van der Waals surface area contributed by atoms with Crippen LogP contribution >= 0.6 is 15.9 Å². The van der Waals surface area contributed by atoms with E-state index >= 15 is 0 Å². The lowest BCUT2D eigenvalue weighted by molar-refractivity contribution is 0.602. The SMILES string of the molecule is CC(C)(Br)CC(C#N)C#N. The van der Waals surface area contributed by atoms with Crippen molar-refractivity contribution in [2.75, 3.05) is 0 Å². The van der Waals surface area contributed by atoms with E-state index in [4.69, 9.17) is 10.5 Å². The molecule has 0 N–H and O–H groups in total. The van der Waals surface area contributed by atoms with Crippen LogP contribution in [0.3, 0.4) is 0 Å². The highest BCUT2D eigenvalue weighted by atomic mass is 79.9. The van der Waals surface area contributed by atoms with Gasteiger partial charge in [0.15, 0.2) is 0 Å². The second-order valence-corrected chi connectivity index (χ2v) is 4.88. The van der Waals surface area contributed by atoms with Crippen molar-refractivity contribution in [3.63, 3.8) is 0 Å². The van der Waals surface area contributed by atoms with E-state index in [1.165, 1.54) is 0 Å². The molecule has 0 heterocycles. The molecule has 0 aromatic carbocycles. The summed E-state index contributed by atoms with van der Waals surface area (Å²) < 4.78 is -0.108. The Bertz CT molecular complexity index is 165. The van der Waals surface area contributed by atoms with Gasteiger partial charge in [-0.25, -0.2) is 0 Å². The van der Waals surface area contributed by atoms with Crippen molar-refractivity contribution >= 4 is 15.9 Å². The summed E-state index contributed by atoms with van der Waals surface area (Å²) in [4.78, 5) is 0. The van der Waals surface area contributed by atoms with Crippen LogP contribution in [0, 0.1) is 28.6 Å². The first-order chi connectivity index (χ1) is 4.49. The lowest BCUT2D eigenvalue weighted by Crippen LogP contribution is -2.13. The Labute approximate surface area is 69.6 Å². The molecule has 0 radical (unpaired) electrons. The summed E-state index contributed by atoms with van der Waals surface area (Å²) >= 11 is 3.36. The van der Waals surface area contributed by atoms with Gasteiger partial charge >= 0.3 is 0 Å². The number of rotatable bonds is 2. The molecule has 2 nitrogen and oxygen atoms in total. The van der Waals surface area contributed by atoms with Gasteiger partial charge in [0.2, 0.25) is 0 Å². The van der Waals surface area contributed by atoms with Crippen LogP contribution in [0.1, 0.15) is 20.3 Å². The van der Waals surface area contributed by atoms with E-state index < -0.39 is 5.92 Å². The largest absolute Gasteiger partial charge is 0.197 e. The van der Waals surface area contributed by atoms with Gasteiger partial charge in [0, 0.05) is 4.32 Å². The number of nitriles is 2. The van der Waals surface area contributed by atoms with Crippen LogP contribution in [0.5, 0.6) is 0 Å². The molecule has 0 aliphatic carbocycles. The van der Waals surface area contributed by atoms with Crippen molar-refractivity contribution < 1.29 is 0 Å². The Morgan fingerprint density at radius 2 is 1.80 bits per heavy atom. The Hall–Kier alpha value is -0.540. The highest BCUT2D eigenvalue weighted by Crippen LogP contribution is 2.24. The second-order valence-electron chi connectivity index (χ2n) is 2.73. The molecule has 0 bridgehead atoms. The van der Waals surface area contributed by atoms with E-state index in [1.807, 2.05) is 26.0 Å². The summed E-state index contributed by atoms with van der Waals surface area (Å²) in [6, 6.07) is 3.83. The minimum atomic E-state index is -0.491. The van der Waals surface area contributed by atoms with Crippen LogP contribution in [0.25, 0.3) is 0 Å². The summed E-state index contributed by atoms with van der Waals surface area (Å²) in [6.07, 6.45) is 0.569. The van der Waals surface area contributed by atoms with Gasteiger partial charge in [0.25, 0.3) is 0 Å². The van der Waals surface area contributed by atoms with E-state index in [0.29, 0.717) is 6.42 Å². The molecule has 0 aliphatic rings. The number of alkyl halides is 1. The third kappa shape index (κ3) is 4.35. The fourth-order valence-electron chi connectivity index (χ4n) is 0.606. The van der Waals surface area contributed by atoms with Crippen molar-refractivity contribution in [3.8, 4) is 12.1 Å². The van der Waals surface area contributed by atoms with Gasteiger partial charge in [0.1, 0.15) is 5.92 Å². The first-order valence-corrected chi connectivity index (χ1v) is 3.77. The molecule has 3 heteroatoms. The fourth-order valence-corrected chi connectivity index (χ4v) is 0.929. The maximum Gasteiger partial charge on any atom is 0.134 e. The quantitative estimate of drug-likeness (QED) is 0.643. The molecular formula is C7H9BrN2. The molecule has 0 saturated heterocycles. The maximum absolute atomic E-state index is 8.40. The van der Waals surface area contributed by atoms with Crippen LogP contribution in [0.2, 0.25) is 0 Å². The van der Waals surface area contributed by atoms with Crippen molar-refractivity contribution in [3.05, 3.63) is 0 Å². The van der Waals surface area contributed by atoms with Crippen LogP contribution in [-0.4, -0.2) is 4.32 Å². The summed E-state index contributed by atoms with van der Waals surface area (Å²) in [5, 5.41) is 16.8. The van der Waals surface area contributed by atoms with E-state index in [2.05, 4.69) is 15.9 Å². The first kappa shape index (κ1) is 9.46. The Balaban J connectivity index is 3.94. The average molecular weight is 201 g/mol. The minimum absolute atomic E-state index is 0.108. The van der Waals surface area contributed by atoms with Gasteiger partial charge in [-0.15, -0.1) is 0 Å². The Kier molecular flexibility index (Phi) is 3.39. The molecule has 0 rings (SSSR count). The van der Waals surface area contributed by atoms with Gasteiger partial charge in [-0.05, 0) is 20.3 Å². The summed E-state index contributed by atoms with van der Waals surface area (Å²) in [6.45, 7) is 3.88. The van der Waals surface area contributed by atoms with Crippen molar-refractivity contribution in [1.29, 1.82) is 10.5 Å². The molecule has 0 aromatic rings. The van der Waals surface area contributed by atoms with Crippen LogP contribution in [0.4, 0.5) is 0 Å². The standard InChI is InChI=1S/C7H9BrN2/c1-7(2,8)3-6(4-9)5-10/h6H,3H2,1-2H3. The van der Waals surface area contributed by atoms with Crippen molar-refractivity contribution in [2.45, 2.75) is 24.6 Å². The van der Waals surface area contributed by atoms with Gasteiger partial charge in [-0.3, -0.25) is 0 Å². The summed E-state index contributed by atoms with van der Waals surface area (Å²) in [5.74, 6) is -0.491. The van der Waals surface area contributed by atoms with E-state index in [-0.39, 0.29) is 4.32 Å². The van der Waals surface area contributed by atoms with Gasteiger partial charge in [0.05, 0.1) is 12.1 Å². The highest BCUT2D eigenvalue weighted by molar-refractivity contribution is 9.10. The topological polar surface area (TPSA) is 47.6 Å². The molecule has 10 heavy (non-hydrogen) atoms. The van der Waals surface area contributed by atoms with Crippen molar-refractivity contribution in [2.24, 2.45) is 5.92 Å². The average Bonchev–Trinajstić information content (AvgIpc) is 1.81. The number of nitrogens with zero attached hydrogens (tertiary/aromatic N) is 2. The summed E-state index contributed by atoms with van der Waals surface area (Å²) in [7, 11) is 0. The normalized spacial score (nSPS) is 10.6. The van der Waals surface area contributed by atoms with Crippen molar-refractivity contribution in [1.82, 2.24) is 0 Å². The van der Waals surface area contributed by atoms with Crippen LogP contribution < -0.4 is 0 Å². The number of hydrogen-bond donors (Lipinski definition) is 0.